The molecule has 0 radical (unpaired) electrons. The average Bonchev–Trinajstić information content (AvgIpc) is 2.62. The molecule has 1 fully saturated rings. The van der Waals surface area contributed by atoms with Crippen LogP contribution in [0.3, 0.4) is 0 Å². The van der Waals surface area contributed by atoms with Gasteiger partial charge in [-0.1, -0.05) is 11.6 Å². The largest absolute Gasteiger partial charge is 0.469 e. The summed E-state index contributed by atoms with van der Waals surface area (Å²) in [6.07, 6.45) is 0.180. The minimum absolute atomic E-state index is 0.108. The summed E-state index contributed by atoms with van der Waals surface area (Å²) < 4.78 is 10.0. The van der Waals surface area contributed by atoms with E-state index in [0.29, 0.717) is 36.9 Å². The van der Waals surface area contributed by atoms with Gasteiger partial charge in [-0.05, 0) is 24.3 Å². The van der Waals surface area contributed by atoms with E-state index in [1.807, 2.05) is 0 Å². The van der Waals surface area contributed by atoms with Gasteiger partial charge in [0, 0.05) is 43.3 Å². The van der Waals surface area contributed by atoms with Gasteiger partial charge in [0.15, 0.2) is 0 Å². The summed E-state index contributed by atoms with van der Waals surface area (Å²) in [4.78, 5) is 28.1. The normalized spacial score (nSPS) is 15.1. The third-order valence-corrected chi connectivity index (χ3v) is 4.23. The van der Waals surface area contributed by atoms with E-state index in [2.05, 4.69) is 9.64 Å². The molecule has 2 rings (SSSR count). The van der Waals surface area contributed by atoms with Crippen LogP contribution in [0.25, 0.3) is 0 Å². The van der Waals surface area contributed by atoms with E-state index in [4.69, 9.17) is 16.3 Å². The number of rotatable bonds is 7. The highest BCUT2D eigenvalue weighted by molar-refractivity contribution is 6.30. The van der Waals surface area contributed by atoms with Crippen LogP contribution in [0.2, 0.25) is 5.02 Å². The average molecular weight is 355 g/mol. The summed E-state index contributed by atoms with van der Waals surface area (Å²) in [5, 5.41) is 0.584. The van der Waals surface area contributed by atoms with Crippen LogP contribution in [-0.4, -0.2) is 74.7 Å². The summed E-state index contributed by atoms with van der Waals surface area (Å²) in [6.45, 7) is 4.79. The summed E-state index contributed by atoms with van der Waals surface area (Å²) in [6, 6.07) is 6.78. The second kappa shape index (κ2) is 9.61. The minimum atomic E-state index is -0.324. The van der Waals surface area contributed by atoms with E-state index in [9.17, 15) is 9.59 Å². The van der Waals surface area contributed by atoms with Crippen molar-refractivity contribution in [2.24, 2.45) is 0 Å². The van der Waals surface area contributed by atoms with E-state index in [-0.39, 0.29) is 18.3 Å². The molecular formula is C17H23ClN2O4. The minimum Gasteiger partial charge on any atom is -0.469 e. The molecule has 0 bridgehead atoms. The summed E-state index contributed by atoms with van der Waals surface area (Å²) in [5.74, 6) is -0.431. The van der Waals surface area contributed by atoms with Crippen molar-refractivity contribution in [1.82, 2.24) is 9.80 Å². The molecule has 1 aliphatic rings. The predicted octanol–water partition coefficient (Wildman–Crippen LogP) is 1.68. The quantitative estimate of drug-likeness (QED) is 0.697. The number of hydrogen-bond donors (Lipinski definition) is 0. The molecule has 1 aromatic rings. The molecule has 0 N–H and O–H groups in total. The molecule has 1 aromatic carbocycles. The van der Waals surface area contributed by atoms with Crippen LogP contribution in [0.1, 0.15) is 16.8 Å². The van der Waals surface area contributed by atoms with Crippen LogP contribution >= 0.6 is 11.6 Å². The first-order chi connectivity index (χ1) is 11.6. The second-order valence-corrected chi connectivity index (χ2v) is 6.02. The monoisotopic (exact) mass is 354 g/mol. The van der Waals surface area contributed by atoms with Crippen LogP contribution in [0, 0.1) is 0 Å². The number of amides is 1. The number of benzene rings is 1. The first-order valence-corrected chi connectivity index (χ1v) is 8.39. The highest BCUT2D eigenvalue weighted by Crippen LogP contribution is 2.12. The summed E-state index contributed by atoms with van der Waals surface area (Å²) in [7, 11) is 1.35. The first kappa shape index (κ1) is 18.7. The molecule has 0 spiro atoms. The Morgan fingerprint density at radius 3 is 2.50 bits per heavy atom. The molecule has 1 saturated heterocycles. The number of carbonyl (C=O) groups excluding carboxylic acids is 2. The van der Waals surface area contributed by atoms with Crippen LogP contribution in [0.4, 0.5) is 0 Å². The molecule has 0 atom stereocenters. The lowest BCUT2D eigenvalue weighted by atomic mass is 10.2. The van der Waals surface area contributed by atoms with Crippen molar-refractivity contribution in [1.29, 1.82) is 0 Å². The molecule has 6 nitrogen and oxygen atoms in total. The highest BCUT2D eigenvalue weighted by atomic mass is 35.5. The van der Waals surface area contributed by atoms with E-state index in [0.717, 1.165) is 19.6 Å². The van der Waals surface area contributed by atoms with Crippen molar-refractivity contribution in [3.63, 3.8) is 0 Å². The van der Waals surface area contributed by atoms with Crippen LogP contribution in [-0.2, 0) is 14.3 Å². The van der Waals surface area contributed by atoms with E-state index in [1.165, 1.54) is 7.11 Å². The fraction of sp³-hybridized carbons (Fsp3) is 0.529. The Morgan fingerprint density at radius 2 is 1.88 bits per heavy atom. The van der Waals surface area contributed by atoms with E-state index >= 15 is 0 Å². The van der Waals surface area contributed by atoms with Gasteiger partial charge < -0.3 is 14.4 Å². The number of methoxy groups -OCH3 is 1. The Morgan fingerprint density at radius 1 is 1.21 bits per heavy atom. The SMILES string of the molecule is COC(=O)CCN(CCN1CCOCC1)C(=O)c1ccc(Cl)cc1. The number of nitrogens with zero attached hydrogens (tertiary/aromatic N) is 2. The Hall–Kier alpha value is -1.63. The molecule has 7 heteroatoms. The molecule has 1 amide bonds. The Bertz CT molecular complexity index is 544. The van der Waals surface area contributed by atoms with Gasteiger partial charge in [-0.3, -0.25) is 14.5 Å². The lowest BCUT2D eigenvalue weighted by Gasteiger charge is -2.30. The second-order valence-electron chi connectivity index (χ2n) is 5.58. The van der Waals surface area contributed by atoms with Crippen molar-refractivity contribution in [3.8, 4) is 0 Å². The molecule has 0 saturated carbocycles. The maximum absolute atomic E-state index is 12.7. The maximum Gasteiger partial charge on any atom is 0.307 e. The zero-order valence-corrected chi connectivity index (χ0v) is 14.6. The maximum atomic E-state index is 12.7. The molecule has 1 heterocycles. The molecule has 132 valence electrons. The van der Waals surface area contributed by atoms with Crippen molar-refractivity contribution < 1.29 is 19.1 Å². The number of esters is 1. The van der Waals surface area contributed by atoms with Crippen LogP contribution < -0.4 is 0 Å². The lowest BCUT2D eigenvalue weighted by Crippen LogP contribution is -2.43. The summed E-state index contributed by atoms with van der Waals surface area (Å²) >= 11 is 5.88. The third kappa shape index (κ3) is 5.78. The van der Waals surface area contributed by atoms with Crippen LogP contribution in [0.15, 0.2) is 24.3 Å². The zero-order valence-electron chi connectivity index (χ0n) is 13.9. The standard InChI is InChI=1S/C17H23ClN2O4/c1-23-16(21)6-7-20(9-8-19-10-12-24-13-11-19)17(22)14-2-4-15(18)5-3-14/h2-5H,6-13H2,1H3. The van der Waals surface area contributed by atoms with Gasteiger partial charge in [-0.2, -0.15) is 0 Å². The summed E-state index contributed by atoms with van der Waals surface area (Å²) in [5.41, 5.74) is 0.561. The smallest absolute Gasteiger partial charge is 0.307 e. The predicted molar refractivity (Wildman–Crippen MR) is 91.2 cm³/mol. The number of carbonyl (C=O) groups is 2. The number of halogens is 1. The van der Waals surface area contributed by atoms with Gasteiger partial charge >= 0.3 is 5.97 Å². The molecule has 24 heavy (non-hydrogen) atoms. The lowest BCUT2D eigenvalue weighted by molar-refractivity contribution is -0.140. The zero-order chi connectivity index (χ0) is 17.4. The fourth-order valence-corrected chi connectivity index (χ4v) is 2.63. The van der Waals surface area contributed by atoms with Gasteiger partial charge in [-0.25, -0.2) is 0 Å². The Balaban J connectivity index is 1.98. The Kier molecular flexibility index (Phi) is 7.49. The third-order valence-electron chi connectivity index (χ3n) is 3.98. The molecule has 0 unspecified atom stereocenters. The highest BCUT2D eigenvalue weighted by Gasteiger charge is 2.19. The van der Waals surface area contributed by atoms with E-state index < -0.39 is 0 Å². The van der Waals surface area contributed by atoms with Gasteiger partial charge in [0.2, 0.25) is 0 Å². The van der Waals surface area contributed by atoms with Gasteiger partial charge in [-0.15, -0.1) is 0 Å². The van der Waals surface area contributed by atoms with E-state index in [1.54, 1.807) is 29.2 Å². The van der Waals surface area contributed by atoms with Gasteiger partial charge in [0.25, 0.3) is 5.91 Å². The van der Waals surface area contributed by atoms with Crippen molar-refractivity contribution in [2.75, 3.05) is 53.0 Å². The van der Waals surface area contributed by atoms with Gasteiger partial charge in [0.05, 0.1) is 26.7 Å². The first-order valence-electron chi connectivity index (χ1n) is 8.02. The van der Waals surface area contributed by atoms with Crippen LogP contribution in [0.5, 0.6) is 0 Å². The number of hydrogen-bond acceptors (Lipinski definition) is 5. The fourth-order valence-electron chi connectivity index (χ4n) is 2.51. The van der Waals surface area contributed by atoms with Crippen molar-refractivity contribution in [2.45, 2.75) is 6.42 Å². The van der Waals surface area contributed by atoms with Crippen molar-refractivity contribution in [3.05, 3.63) is 34.9 Å². The molecular weight excluding hydrogens is 332 g/mol. The number of morpholine rings is 1. The Labute approximate surface area is 147 Å². The molecule has 0 aromatic heterocycles. The van der Waals surface area contributed by atoms with Gasteiger partial charge in [0.1, 0.15) is 0 Å². The number of ether oxygens (including phenoxy) is 2. The van der Waals surface area contributed by atoms with Crippen molar-refractivity contribution >= 4 is 23.5 Å². The topological polar surface area (TPSA) is 59.1 Å². The molecule has 0 aliphatic carbocycles. The molecule has 1 aliphatic heterocycles.